The van der Waals surface area contributed by atoms with E-state index in [-0.39, 0.29) is 12.5 Å². The zero-order chi connectivity index (χ0) is 15.4. The normalized spacial score (nSPS) is 15.7. The van der Waals surface area contributed by atoms with Crippen molar-refractivity contribution in [2.24, 2.45) is 0 Å². The van der Waals surface area contributed by atoms with E-state index in [0.717, 1.165) is 11.4 Å². The number of carbonyl (C=O) groups is 1. The summed E-state index contributed by atoms with van der Waals surface area (Å²) in [6.45, 7) is 2.22. The number of benzene rings is 1. The molecule has 2 aromatic rings. The van der Waals surface area contributed by atoms with Gasteiger partial charge in [-0.25, -0.2) is 4.68 Å². The Balaban J connectivity index is 1.57. The molecule has 22 heavy (non-hydrogen) atoms. The first-order valence-electron chi connectivity index (χ1n) is 7.97. The molecule has 1 aromatic carbocycles. The van der Waals surface area contributed by atoms with Crippen molar-refractivity contribution in [3.05, 3.63) is 41.7 Å². The summed E-state index contributed by atoms with van der Waals surface area (Å²) in [5, 5.41) is 11.2. The van der Waals surface area contributed by atoms with E-state index in [9.17, 15) is 4.79 Å². The summed E-state index contributed by atoms with van der Waals surface area (Å²) in [7, 11) is 0. The monoisotopic (exact) mass is 298 g/mol. The number of rotatable bonds is 4. The Morgan fingerprint density at radius 2 is 1.95 bits per heavy atom. The molecule has 1 aliphatic rings. The molecule has 0 atom stereocenters. The van der Waals surface area contributed by atoms with Crippen molar-refractivity contribution in [3.8, 4) is 0 Å². The van der Waals surface area contributed by atoms with E-state index >= 15 is 0 Å². The maximum Gasteiger partial charge on any atom is 0.246 e. The van der Waals surface area contributed by atoms with E-state index in [1.165, 1.54) is 37.7 Å². The van der Waals surface area contributed by atoms with E-state index < -0.39 is 0 Å². The minimum Gasteiger partial charge on any atom is -0.324 e. The van der Waals surface area contributed by atoms with Crippen LogP contribution < -0.4 is 5.32 Å². The predicted molar refractivity (Wildman–Crippen MR) is 85.7 cm³/mol. The molecule has 1 N–H and O–H groups in total. The van der Waals surface area contributed by atoms with Crippen molar-refractivity contribution in [2.75, 3.05) is 5.32 Å². The zero-order valence-corrected chi connectivity index (χ0v) is 13.0. The molecule has 0 unspecified atom stereocenters. The molecule has 1 aliphatic carbocycles. The molecule has 1 heterocycles. The van der Waals surface area contributed by atoms with Crippen LogP contribution in [0.1, 0.15) is 49.3 Å². The highest BCUT2D eigenvalue weighted by molar-refractivity contribution is 5.90. The molecule has 1 saturated carbocycles. The molecule has 1 aromatic heterocycles. The molecular weight excluding hydrogens is 276 g/mol. The number of carbonyl (C=O) groups excluding carboxylic acids is 1. The highest BCUT2D eigenvalue weighted by Crippen LogP contribution is 2.31. The van der Waals surface area contributed by atoms with E-state index in [4.69, 9.17) is 0 Å². The Morgan fingerprint density at radius 3 is 2.68 bits per heavy atom. The van der Waals surface area contributed by atoms with Crippen LogP contribution in [0.2, 0.25) is 0 Å². The maximum atomic E-state index is 12.1. The van der Waals surface area contributed by atoms with Crippen LogP contribution >= 0.6 is 0 Å². The van der Waals surface area contributed by atoms with Crippen molar-refractivity contribution >= 4 is 11.6 Å². The van der Waals surface area contributed by atoms with Crippen molar-refractivity contribution in [2.45, 2.75) is 51.5 Å². The van der Waals surface area contributed by atoms with Crippen LogP contribution in [0, 0.1) is 6.92 Å². The molecule has 116 valence electrons. The second kappa shape index (κ2) is 6.73. The van der Waals surface area contributed by atoms with Crippen molar-refractivity contribution in [1.82, 2.24) is 15.0 Å². The van der Waals surface area contributed by atoms with Crippen molar-refractivity contribution in [1.29, 1.82) is 0 Å². The lowest BCUT2D eigenvalue weighted by molar-refractivity contribution is -0.116. The molecule has 0 radical (unpaired) electrons. The number of hydrogen-bond acceptors (Lipinski definition) is 3. The van der Waals surface area contributed by atoms with Crippen LogP contribution in [0.5, 0.6) is 0 Å². The minimum absolute atomic E-state index is 0.0797. The number of nitrogens with one attached hydrogen (secondary N) is 1. The van der Waals surface area contributed by atoms with Gasteiger partial charge in [0.2, 0.25) is 5.91 Å². The van der Waals surface area contributed by atoms with Gasteiger partial charge in [-0.3, -0.25) is 4.79 Å². The van der Waals surface area contributed by atoms with Gasteiger partial charge in [0.25, 0.3) is 0 Å². The summed E-state index contributed by atoms with van der Waals surface area (Å²) in [4.78, 5) is 12.1. The first-order valence-corrected chi connectivity index (χ1v) is 7.97. The zero-order valence-electron chi connectivity index (χ0n) is 13.0. The SMILES string of the molecule is Cc1ccc(NC(=O)Cn2cc(C3CCCCC3)nn2)cc1. The Labute approximate surface area is 130 Å². The van der Waals surface area contributed by atoms with E-state index in [1.54, 1.807) is 4.68 Å². The third-order valence-electron chi connectivity index (χ3n) is 4.22. The number of nitrogens with zero attached hydrogens (tertiary/aromatic N) is 3. The fraction of sp³-hybridized carbons (Fsp3) is 0.471. The van der Waals surface area contributed by atoms with E-state index in [0.29, 0.717) is 5.92 Å². The maximum absolute atomic E-state index is 12.1. The second-order valence-electron chi connectivity index (χ2n) is 6.09. The van der Waals surface area contributed by atoms with Gasteiger partial charge in [-0.1, -0.05) is 42.2 Å². The standard InChI is InChI=1S/C17H22N4O/c1-13-7-9-15(10-8-13)18-17(22)12-21-11-16(19-20-21)14-5-3-2-4-6-14/h7-11,14H,2-6,12H2,1H3,(H,18,22). The lowest BCUT2D eigenvalue weighted by atomic mass is 9.87. The summed E-state index contributed by atoms with van der Waals surface area (Å²) >= 11 is 0. The van der Waals surface area contributed by atoms with Crippen LogP contribution in [0.15, 0.2) is 30.5 Å². The van der Waals surface area contributed by atoms with Crippen LogP contribution in [-0.2, 0) is 11.3 Å². The number of aryl methyl sites for hydroxylation is 1. The first-order chi connectivity index (χ1) is 10.7. The van der Waals surface area contributed by atoms with Gasteiger partial charge in [-0.05, 0) is 31.9 Å². The molecule has 0 saturated heterocycles. The van der Waals surface area contributed by atoms with Gasteiger partial charge in [0, 0.05) is 17.8 Å². The summed E-state index contributed by atoms with van der Waals surface area (Å²) in [5.41, 5.74) is 3.01. The molecule has 3 rings (SSSR count). The topological polar surface area (TPSA) is 59.8 Å². The molecule has 0 spiro atoms. The lowest BCUT2D eigenvalue weighted by Gasteiger charge is -2.18. The minimum atomic E-state index is -0.0797. The van der Waals surface area contributed by atoms with Gasteiger partial charge in [0.1, 0.15) is 6.54 Å². The van der Waals surface area contributed by atoms with Crippen LogP contribution in [0.4, 0.5) is 5.69 Å². The fourth-order valence-corrected chi connectivity index (χ4v) is 2.96. The van der Waals surface area contributed by atoms with Gasteiger partial charge in [0.05, 0.1) is 5.69 Å². The largest absolute Gasteiger partial charge is 0.324 e. The van der Waals surface area contributed by atoms with Gasteiger partial charge >= 0.3 is 0 Å². The number of amides is 1. The Morgan fingerprint density at radius 1 is 1.23 bits per heavy atom. The fourth-order valence-electron chi connectivity index (χ4n) is 2.96. The second-order valence-corrected chi connectivity index (χ2v) is 6.09. The third-order valence-corrected chi connectivity index (χ3v) is 4.22. The Hall–Kier alpha value is -2.17. The van der Waals surface area contributed by atoms with Crippen molar-refractivity contribution in [3.63, 3.8) is 0 Å². The summed E-state index contributed by atoms with van der Waals surface area (Å²) < 4.78 is 1.63. The molecule has 5 nitrogen and oxygen atoms in total. The molecule has 1 amide bonds. The highest BCUT2D eigenvalue weighted by Gasteiger charge is 2.18. The molecular formula is C17H22N4O. The Kier molecular flexibility index (Phi) is 4.51. The van der Waals surface area contributed by atoms with Crippen LogP contribution in [-0.4, -0.2) is 20.9 Å². The molecule has 1 fully saturated rings. The van der Waals surface area contributed by atoms with Gasteiger partial charge in [-0.2, -0.15) is 0 Å². The molecule has 5 heteroatoms. The molecule has 0 aliphatic heterocycles. The van der Waals surface area contributed by atoms with E-state index in [2.05, 4.69) is 15.6 Å². The average molecular weight is 298 g/mol. The summed E-state index contributed by atoms with van der Waals surface area (Å²) in [6.07, 6.45) is 8.16. The highest BCUT2D eigenvalue weighted by atomic mass is 16.2. The van der Waals surface area contributed by atoms with Crippen molar-refractivity contribution < 1.29 is 4.79 Å². The summed E-state index contributed by atoms with van der Waals surface area (Å²) in [6, 6.07) is 7.77. The number of aromatic nitrogens is 3. The summed E-state index contributed by atoms with van der Waals surface area (Å²) in [5.74, 6) is 0.437. The quantitative estimate of drug-likeness (QED) is 0.942. The lowest BCUT2D eigenvalue weighted by Crippen LogP contribution is -2.19. The van der Waals surface area contributed by atoms with Crippen LogP contribution in [0.25, 0.3) is 0 Å². The third kappa shape index (κ3) is 3.72. The van der Waals surface area contributed by atoms with Crippen LogP contribution in [0.3, 0.4) is 0 Å². The smallest absolute Gasteiger partial charge is 0.246 e. The average Bonchev–Trinajstić information content (AvgIpc) is 2.99. The van der Waals surface area contributed by atoms with E-state index in [1.807, 2.05) is 37.4 Å². The first kappa shape index (κ1) is 14.8. The van der Waals surface area contributed by atoms with Gasteiger partial charge < -0.3 is 5.32 Å². The molecule has 0 bridgehead atoms. The number of anilines is 1. The number of hydrogen-bond donors (Lipinski definition) is 1. The predicted octanol–water partition coefficient (Wildman–Crippen LogP) is 3.27. The Bertz CT molecular complexity index is 626. The van der Waals surface area contributed by atoms with Gasteiger partial charge in [0.15, 0.2) is 0 Å². The van der Waals surface area contributed by atoms with Gasteiger partial charge in [-0.15, -0.1) is 5.10 Å².